The van der Waals surface area contributed by atoms with E-state index in [1.165, 1.54) is 16.7 Å². The number of guanidine groups is 1. The van der Waals surface area contributed by atoms with E-state index in [0.717, 1.165) is 32.0 Å². The molecule has 0 unspecified atom stereocenters. The summed E-state index contributed by atoms with van der Waals surface area (Å²) < 4.78 is 1.94. The first-order chi connectivity index (χ1) is 11.9. The lowest BCUT2D eigenvalue weighted by Gasteiger charge is -2.19. The van der Waals surface area contributed by atoms with Crippen LogP contribution in [-0.2, 0) is 18.4 Å². The molecule has 0 aliphatic heterocycles. The maximum absolute atomic E-state index is 4.28. The Hall–Kier alpha value is -2.30. The van der Waals surface area contributed by atoms with E-state index < -0.39 is 0 Å². The highest BCUT2D eigenvalue weighted by atomic mass is 15.3. The van der Waals surface area contributed by atoms with Crippen molar-refractivity contribution in [2.24, 2.45) is 4.99 Å². The summed E-state index contributed by atoms with van der Waals surface area (Å²) >= 11 is 0. The molecular formula is C20H31N5. The van der Waals surface area contributed by atoms with Crippen molar-refractivity contribution in [3.63, 3.8) is 0 Å². The van der Waals surface area contributed by atoms with Crippen LogP contribution in [-0.4, -0.2) is 35.9 Å². The molecule has 5 heteroatoms. The first kappa shape index (κ1) is 19.0. The quantitative estimate of drug-likeness (QED) is 0.627. The Morgan fingerprint density at radius 1 is 1.12 bits per heavy atom. The van der Waals surface area contributed by atoms with Gasteiger partial charge < -0.3 is 10.6 Å². The zero-order valence-corrected chi connectivity index (χ0v) is 16.1. The van der Waals surface area contributed by atoms with Crippen molar-refractivity contribution in [3.8, 4) is 0 Å². The summed E-state index contributed by atoms with van der Waals surface area (Å²) in [5.41, 5.74) is 4.09. The summed E-state index contributed by atoms with van der Waals surface area (Å²) in [7, 11) is 1.80. The van der Waals surface area contributed by atoms with E-state index in [1.807, 2.05) is 24.0 Å². The minimum atomic E-state index is 0.204. The fraction of sp³-hybridized carbons (Fsp3) is 0.500. The zero-order chi connectivity index (χ0) is 18.3. The van der Waals surface area contributed by atoms with E-state index in [1.54, 1.807) is 7.05 Å². The van der Waals surface area contributed by atoms with Gasteiger partial charge in [-0.2, -0.15) is 5.10 Å². The van der Waals surface area contributed by atoms with Crippen molar-refractivity contribution in [3.05, 3.63) is 53.3 Å². The second-order valence-electron chi connectivity index (χ2n) is 7.40. The number of nitrogens with one attached hydrogen (secondary N) is 2. The second-order valence-corrected chi connectivity index (χ2v) is 7.40. The van der Waals surface area contributed by atoms with Gasteiger partial charge in [-0.25, -0.2) is 0 Å². The molecule has 0 atom stereocenters. The number of rotatable bonds is 6. The molecule has 0 spiro atoms. The highest BCUT2D eigenvalue weighted by Crippen LogP contribution is 2.22. The lowest BCUT2D eigenvalue weighted by Crippen LogP contribution is -2.39. The van der Waals surface area contributed by atoms with Gasteiger partial charge in [0.2, 0.25) is 0 Å². The minimum Gasteiger partial charge on any atom is -0.356 e. The molecule has 0 radical (unpaired) electrons. The van der Waals surface area contributed by atoms with Crippen molar-refractivity contribution in [2.75, 3.05) is 20.1 Å². The summed E-state index contributed by atoms with van der Waals surface area (Å²) in [6, 6.07) is 8.90. The molecule has 0 amide bonds. The number of aryl methyl sites for hydroxylation is 1. The Labute approximate surface area is 151 Å². The number of nitrogens with zero attached hydrogens (tertiary/aromatic N) is 3. The summed E-state index contributed by atoms with van der Waals surface area (Å²) in [6.45, 7) is 11.2. The third kappa shape index (κ3) is 6.25. The predicted octanol–water partition coefficient (Wildman–Crippen LogP) is 2.90. The Morgan fingerprint density at radius 2 is 1.80 bits per heavy atom. The molecule has 1 aromatic carbocycles. The Kier molecular flexibility index (Phi) is 6.62. The van der Waals surface area contributed by atoms with E-state index >= 15 is 0 Å². The van der Waals surface area contributed by atoms with Gasteiger partial charge in [0.25, 0.3) is 0 Å². The van der Waals surface area contributed by atoms with Crippen LogP contribution in [0.3, 0.4) is 0 Å². The van der Waals surface area contributed by atoms with Gasteiger partial charge in [0, 0.05) is 26.3 Å². The Bertz CT molecular complexity index is 677. The SMILES string of the molecule is CN=C(NCCc1ccc(C(C)(C)C)cc1)NCCn1cc(C)cn1. The Morgan fingerprint density at radius 3 is 2.36 bits per heavy atom. The molecule has 0 saturated carbocycles. The molecule has 0 bridgehead atoms. The molecule has 2 rings (SSSR count). The molecule has 0 saturated heterocycles. The van der Waals surface area contributed by atoms with E-state index in [9.17, 15) is 0 Å². The van der Waals surface area contributed by atoms with Crippen LogP contribution in [0.4, 0.5) is 0 Å². The standard InChI is InChI=1S/C20H31N5/c1-16-14-24-25(15-16)13-12-23-19(21-5)22-11-10-17-6-8-18(9-7-17)20(2,3)4/h6-9,14-15H,10-13H2,1-5H3,(H2,21,22,23). The van der Waals surface area contributed by atoms with Crippen molar-refractivity contribution < 1.29 is 0 Å². The van der Waals surface area contributed by atoms with Crippen LogP contribution < -0.4 is 10.6 Å². The van der Waals surface area contributed by atoms with Crippen LogP contribution in [0.15, 0.2) is 41.7 Å². The number of aliphatic imine (C=N–C) groups is 1. The van der Waals surface area contributed by atoms with Gasteiger partial charge in [0.1, 0.15) is 0 Å². The van der Waals surface area contributed by atoms with Crippen molar-refractivity contribution in [1.82, 2.24) is 20.4 Å². The summed E-state index contributed by atoms with van der Waals surface area (Å²) in [4.78, 5) is 4.27. The van der Waals surface area contributed by atoms with Gasteiger partial charge in [-0.05, 0) is 35.4 Å². The van der Waals surface area contributed by atoms with E-state index in [2.05, 4.69) is 65.8 Å². The van der Waals surface area contributed by atoms with Crippen molar-refractivity contribution in [1.29, 1.82) is 0 Å². The predicted molar refractivity (Wildman–Crippen MR) is 105 cm³/mol. The lowest BCUT2D eigenvalue weighted by atomic mass is 9.86. The molecule has 0 aliphatic carbocycles. The molecule has 1 aromatic heterocycles. The topological polar surface area (TPSA) is 54.2 Å². The molecule has 136 valence electrons. The average molecular weight is 342 g/mol. The summed E-state index contributed by atoms with van der Waals surface area (Å²) in [5.74, 6) is 0.829. The number of benzene rings is 1. The van der Waals surface area contributed by atoms with Crippen molar-refractivity contribution >= 4 is 5.96 Å². The molecule has 1 heterocycles. The normalized spacial score (nSPS) is 12.3. The largest absolute Gasteiger partial charge is 0.356 e. The summed E-state index contributed by atoms with van der Waals surface area (Å²) in [5, 5.41) is 11.0. The first-order valence-corrected chi connectivity index (χ1v) is 8.91. The lowest BCUT2D eigenvalue weighted by molar-refractivity contribution is 0.590. The molecule has 0 aliphatic rings. The van der Waals surface area contributed by atoms with Crippen LogP contribution in [0.25, 0.3) is 0 Å². The number of aromatic nitrogens is 2. The molecule has 2 aromatic rings. The van der Waals surface area contributed by atoms with Gasteiger partial charge >= 0.3 is 0 Å². The van der Waals surface area contributed by atoms with Gasteiger partial charge in [-0.3, -0.25) is 9.67 Å². The smallest absolute Gasteiger partial charge is 0.191 e. The van der Waals surface area contributed by atoms with Crippen LogP contribution in [0, 0.1) is 6.92 Å². The molecule has 0 fully saturated rings. The monoisotopic (exact) mass is 341 g/mol. The van der Waals surface area contributed by atoms with Crippen LogP contribution in [0.1, 0.15) is 37.5 Å². The highest BCUT2D eigenvalue weighted by molar-refractivity contribution is 5.79. The molecule has 25 heavy (non-hydrogen) atoms. The second kappa shape index (κ2) is 8.70. The average Bonchev–Trinajstić information content (AvgIpc) is 2.98. The molecular weight excluding hydrogens is 310 g/mol. The fourth-order valence-corrected chi connectivity index (χ4v) is 2.60. The summed E-state index contributed by atoms with van der Waals surface area (Å²) in [6.07, 6.45) is 4.89. The number of hydrogen-bond donors (Lipinski definition) is 2. The fourth-order valence-electron chi connectivity index (χ4n) is 2.60. The van der Waals surface area contributed by atoms with Crippen molar-refractivity contribution in [2.45, 2.75) is 46.1 Å². The van der Waals surface area contributed by atoms with E-state index in [-0.39, 0.29) is 5.41 Å². The third-order valence-electron chi connectivity index (χ3n) is 4.15. The van der Waals surface area contributed by atoms with Gasteiger partial charge in [0.15, 0.2) is 5.96 Å². The minimum absolute atomic E-state index is 0.204. The first-order valence-electron chi connectivity index (χ1n) is 8.91. The van der Waals surface area contributed by atoms with Gasteiger partial charge in [-0.15, -0.1) is 0 Å². The van der Waals surface area contributed by atoms with Crippen LogP contribution in [0.5, 0.6) is 0 Å². The number of hydrogen-bond acceptors (Lipinski definition) is 2. The molecule has 5 nitrogen and oxygen atoms in total. The zero-order valence-electron chi connectivity index (χ0n) is 16.1. The Balaban J connectivity index is 1.71. The maximum atomic E-state index is 4.28. The van der Waals surface area contributed by atoms with Crippen LogP contribution >= 0.6 is 0 Å². The van der Waals surface area contributed by atoms with Gasteiger partial charge in [0.05, 0.1) is 12.7 Å². The highest BCUT2D eigenvalue weighted by Gasteiger charge is 2.12. The molecule has 2 N–H and O–H groups in total. The van der Waals surface area contributed by atoms with E-state index in [4.69, 9.17) is 0 Å². The third-order valence-corrected chi connectivity index (χ3v) is 4.15. The van der Waals surface area contributed by atoms with Gasteiger partial charge in [-0.1, -0.05) is 45.0 Å². The van der Waals surface area contributed by atoms with E-state index in [0.29, 0.717) is 0 Å². The van der Waals surface area contributed by atoms with Crippen LogP contribution in [0.2, 0.25) is 0 Å². The maximum Gasteiger partial charge on any atom is 0.191 e.